The molecule has 1 aromatic rings. The Hall–Kier alpha value is -1.20. The minimum absolute atomic E-state index is 0.168. The minimum atomic E-state index is -1.01. The fraction of sp³-hybridized carbons (Fsp3) is 0.500. The molecular formula is C12H16F2N2O. The van der Waals surface area contributed by atoms with Crippen molar-refractivity contribution >= 4 is 0 Å². The summed E-state index contributed by atoms with van der Waals surface area (Å²) < 4.78 is 25.8. The van der Waals surface area contributed by atoms with Crippen LogP contribution in [-0.2, 0) is 6.42 Å². The molecule has 1 aliphatic heterocycles. The smallest absolute Gasteiger partial charge is 0.162 e. The van der Waals surface area contributed by atoms with Gasteiger partial charge in [-0.3, -0.25) is 0 Å². The number of phenols is 1. The van der Waals surface area contributed by atoms with Gasteiger partial charge in [0.25, 0.3) is 0 Å². The topological polar surface area (TPSA) is 35.5 Å². The van der Waals surface area contributed by atoms with Crippen LogP contribution in [0, 0.1) is 11.6 Å². The number of phenolic OH excluding ortho intramolecular Hbond substituents is 1. The van der Waals surface area contributed by atoms with Crippen LogP contribution in [0.4, 0.5) is 8.78 Å². The fourth-order valence-corrected chi connectivity index (χ4v) is 1.99. The van der Waals surface area contributed by atoms with Crippen molar-refractivity contribution in [2.75, 3.05) is 32.7 Å². The number of nitrogens with zero attached hydrogens (tertiary/aromatic N) is 1. The summed E-state index contributed by atoms with van der Waals surface area (Å²) in [6.07, 6.45) is 0.531. The Balaban J connectivity index is 1.96. The summed E-state index contributed by atoms with van der Waals surface area (Å²) in [4.78, 5) is 2.23. The maximum absolute atomic E-state index is 13.0. The van der Waals surface area contributed by atoms with Gasteiger partial charge in [0.2, 0.25) is 0 Å². The van der Waals surface area contributed by atoms with Gasteiger partial charge < -0.3 is 15.3 Å². The molecule has 0 atom stereocenters. The monoisotopic (exact) mass is 242 g/mol. The van der Waals surface area contributed by atoms with Gasteiger partial charge >= 0.3 is 0 Å². The average molecular weight is 242 g/mol. The highest BCUT2D eigenvalue weighted by Gasteiger charge is 2.12. The van der Waals surface area contributed by atoms with Crippen molar-refractivity contribution < 1.29 is 13.9 Å². The molecule has 94 valence electrons. The first-order chi connectivity index (χ1) is 8.16. The van der Waals surface area contributed by atoms with Crippen molar-refractivity contribution in [2.24, 2.45) is 0 Å². The minimum Gasteiger partial charge on any atom is -0.508 e. The van der Waals surface area contributed by atoms with Gasteiger partial charge in [-0.05, 0) is 18.1 Å². The largest absolute Gasteiger partial charge is 0.508 e. The van der Waals surface area contributed by atoms with E-state index in [1.54, 1.807) is 0 Å². The Labute approximate surface area is 99.1 Å². The van der Waals surface area contributed by atoms with E-state index in [0.717, 1.165) is 44.9 Å². The van der Waals surface area contributed by atoms with E-state index < -0.39 is 11.6 Å². The standard InChI is InChI=1S/C12H16F2N2O/c13-10-7-9(12(17)8-11(10)14)1-4-16-5-2-15-3-6-16/h7-8,15,17H,1-6H2. The molecule has 0 aromatic heterocycles. The second kappa shape index (κ2) is 5.42. The molecule has 1 aromatic carbocycles. The number of hydrogen-bond acceptors (Lipinski definition) is 3. The normalized spacial score (nSPS) is 17.3. The van der Waals surface area contributed by atoms with Crippen LogP contribution < -0.4 is 5.32 Å². The molecule has 17 heavy (non-hydrogen) atoms. The lowest BCUT2D eigenvalue weighted by Crippen LogP contribution is -2.44. The summed E-state index contributed by atoms with van der Waals surface area (Å²) in [5.74, 6) is -2.08. The molecular weight excluding hydrogens is 226 g/mol. The molecule has 0 amide bonds. The van der Waals surface area contributed by atoms with Gasteiger partial charge in [0.05, 0.1) is 0 Å². The molecule has 2 N–H and O–H groups in total. The molecule has 0 bridgehead atoms. The quantitative estimate of drug-likeness (QED) is 0.833. The van der Waals surface area contributed by atoms with Crippen LogP contribution in [0.3, 0.4) is 0 Å². The highest BCUT2D eigenvalue weighted by Crippen LogP contribution is 2.21. The third-order valence-electron chi connectivity index (χ3n) is 3.03. The van der Waals surface area contributed by atoms with E-state index in [1.165, 1.54) is 0 Å². The number of rotatable bonds is 3. The summed E-state index contributed by atoms with van der Waals surface area (Å²) in [5, 5.41) is 12.7. The van der Waals surface area contributed by atoms with Crippen LogP contribution in [0.25, 0.3) is 0 Å². The Morgan fingerprint density at radius 3 is 2.53 bits per heavy atom. The van der Waals surface area contributed by atoms with Crippen LogP contribution in [0.1, 0.15) is 5.56 Å². The number of nitrogens with one attached hydrogen (secondary N) is 1. The van der Waals surface area contributed by atoms with E-state index in [4.69, 9.17) is 0 Å². The second-order valence-corrected chi connectivity index (χ2v) is 4.24. The molecule has 2 rings (SSSR count). The maximum Gasteiger partial charge on any atom is 0.162 e. The molecule has 1 fully saturated rings. The van der Waals surface area contributed by atoms with Crippen molar-refractivity contribution in [3.05, 3.63) is 29.3 Å². The van der Waals surface area contributed by atoms with Crippen molar-refractivity contribution in [3.8, 4) is 5.75 Å². The third-order valence-corrected chi connectivity index (χ3v) is 3.03. The lowest BCUT2D eigenvalue weighted by atomic mass is 10.1. The molecule has 0 unspecified atom stereocenters. The molecule has 1 saturated heterocycles. The second-order valence-electron chi connectivity index (χ2n) is 4.24. The van der Waals surface area contributed by atoms with Crippen LogP contribution in [-0.4, -0.2) is 42.7 Å². The van der Waals surface area contributed by atoms with Crippen LogP contribution >= 0.6 is 0 Å². The number of benzene rings is 1. The summed E-state index contributed by atoms with van der Waals surface area (Å²) in [5.41, 5.74) is 0.461. The number of halogens is 2. The van der Waals surface area contributed by atoms with E-state index in [2.05, 4.69) is 10.2 Å². The first kappa shape index (κ1) is 12.3. The van der Waals surface area contributed by atoms with Crippen LogP contribution in [0.15, 0.2) is 12.1 Å². The fourth-order valence-electron chi connectivity index (χ4n) is 1.99. The van der Waals surface area contributed by atoms with E-state index >= 15 is 0 Å². The molecule has 1 aliphatic rings. The first-order valence-electron chi connectivity index (χ1n) is 5.77. The molecule has 0 spiro atoms. The van der Waals surface area contributed by atoms with E-state index in [-0.39, 0.29) is 5.75 Å². The Kier molecular flexibility index (Phi) is 3.91. The molecule has 1 heterocycles. The summed E-state index contributed by atoms with van der Waals surface area (Å²) in [6.45, 7) is 4.54. The van der Waals surface area contributed by atoms with Gasteiger partial charge in [-0.25, -0.2) is 8.78 Å². The highest BCUT2D eigenvalue weighted by molar-refractivity contribution is 5.33. The van der Waals surface area contributed by atoms with Gasteiger partial charge in [-0.2, -0.15) is 0 Å². The van der Waals surface area contributed by atoms with Crippen molar-refractivity contribution in [3.63, 3.8) is 0 Å². The number of aromatic hydroxyl groups is 1. The zero-order valence-electron chi connectivity index (χ0n) is 9.55. The van der Waals surface area contributed by atoms with Gasteiger partial charge in [0.15, 0.2) is 11.6 Å². The zero-order chi connectivity index (χ0) is 12.3. The molecule has 0 radical (unpaired) electrons. The molecule has 3 nitrogen and oxygen atoms in total. The Bertz CT molecular complexity index is 392. The molecule has 0 saturated carbocycles. The van der Waals surface area contributed by atoms with Crippen molar-refractivity contribution in [2.45, 2.75) is 6.42 Å². The molecule has 0 aliphatic carbocycles. The van der Waals surface area contributed by atoms with E-state index in [0.29, 0.717) is 12.0 Å². The summed E-state index contributed by atoms with van der Waals surface area (Å²) in [6, 6.07) is 1.91. The van der Waals surface area contributed by atoms with Gasteiger partial charge in [0.1, 0.15) is 5.75 Å². The molecule has 5 heteroatoms. The number of hydrogen-bond donors (Lipinski definition) is 2. The van der Waals surface area contributed by atoms with Gasteiger partial charge in [-0.15, -0.1) is 0 Å². The van der Waals surface area contributed by atoms with E-state index in [9.17, 15) is 13.9 Å². The van der Waals surface area contributed by atoms with Gasteiger partial charge in [-0.1, -0.05) is 0 Å². The van der Waals surface area contributed by atoms with Crippen LogP contribution in [0.5, 0.6) is 5.75 Å². The highest BCUT2D eigenvalue weighted by atomic mass is 19.2. The third kappa shape index (κ3) is 3.14. The van der Waals surface area contributed by atoms with Crippen LogP contribution in [0.2, 0.25) is 0 Å². The Morgan fingerprint density at radius 2 is 1.82 bits per heavy atom. The lowest BCUT2D eigenvalue weighted by Gasteiger charge is -2.27. The van der Waals surface area contributed by atoms with Crippen molar-refractivity contribution in [1.29, 1.82) is 0 Å². The lowest BCUT2D eigenvalue weighted by molar-refractivity contribution is 0.243. The van der Waals surface area contributed by atoms with E-state index in [1.807, 2.05) is 0 Å². The SMILES string of the molecule is Oc1cc(F)c(F)cc1CCN1CCNCC1. The average Bonchev–Trinajstić information content (AvgIpc) is 2.33. The number of piperazine rings is 1. The van der Waals surface area contributed by atoms with Crippen molar-refractivity contribution in [1.82, 2.24) is 10.2 Å². The Morgan fingerprint density at radius 1 is 1.18 bits per heavy atom. The first-order valence-corrected chi connectivity index (χ1v) is 5.77. The predicted octanol–water partition coefficient (Wildman–Crippen LogP) is 1.12. The zero-order valence-corrected chi connectivity index (χ0v) is 9.55. The van der Waals surface area contributed by atoms with Gasteiger partial charge in [0, 0.05) is 38.8 Å². The summed E-state index contributed by atoms with van der Waals surface area (Å²) in [7, 11) is 0. The summed E-state index contributed by atoms with van der Waals surface area (Å²) >= 11 is 0. The maximum atomic E-state index is 13.0. The predicted molar refractivity (Wildman–Crippen MR) is 61.0 cm³/mol.